The minimum absolute atomic E-state index is 0.0558. The number of aromatic hydroxyl groups is 1. The molecule has 1 aromatic carbocycles. The lowest BCUT2D eigenvalue weighted by Crippen LogP contribution is -2.65. The Balaban J connectivity index is 1.63. The molecule has 6 N–H and O–H groups in total. The Hall–Kier alpha value is -3.28. The highest BCUT2D eigenvalue weighted by Crippen LogP contribution is 2.53. The van der Waals surface area contributed by atoms with E-state index in [0.717, 1.165) is 19.3 Å². The highest BCUT2D eigenvalue weighted by molar-refractivity contribution is 6.24. The van der Waals surface area contributed by atoms with Crippen molar-refractivity contribution >= 4 is 23.2 Å². The van der Waals surface area contributed by atoms with E-state index in [2.05, 4.69) is 4.90 Å². The number of likely N-dealkylation sites (N-methyl/N-ethyl adjacent to an activating group) is 1. The first-order valence-corrected chi connectivity index (χ1v) is 13.3. The molecule has 0 aliphatic heterocycles. The van der Waals surface area contributed by atoms with Gasteiger partial charge in [0.05, 0.1) is 11.6 Å². The second kappa shape index (κ2) is 9.42. The lowest BCUT2D eigenvalue weighted by atomic mass is 9.57. The molecule has 2 saturated carbocycles. The van der Waals surface area contributed by atoms with Crippen LogP contribution in [0.5, 0.6) is 5.75 Å². The number of fused-ring (bicyclic) bond motifs is 3. The number of primary amides is 1. The zero-order valence-corrected chi connectivity index (χ0v) is 22.2. The average Bonchev–Trinajstić information content (AvgIpc) is 2.82. The van der Waals surface area contributed by atoms with Gasteiger partial charge in [-0.25, -0.2) is 4.39 Å². The van der Waals surface area contributed by atoms with Crippen LogP contribution >= 0.6 is 0 Å². The molecule has 0 spiro atoms. The molecular weight excluding hydrogens is 509 g/mol. The highest BCUT2D eigenvalue weighted by Gasteiger charge is 2.64. The van der Waals surface area contributed by atoms with E-state index in [1.54, 1.807) is 0 Å². The third-order valence-corrected chi connectivity index (χ3v) is 9.10. The van der Waals surface area contributed by atoms with Crippen molar-refractivity contribution in [3.63, 3.8) is 0 Å². The van der Waals surface area contributed by atoms with Gasteiger partial charge in [-0.05, 0) is 58.3 Å². The Bertz CT molecular complexity index is 1350. The summed E-state index contributed by atoms with van der Waals surface area (Å²) in [7, 11) is 3.05. The number of aliphatic hydroxyl groups is 3. The molecule has 11 heteroatoms. The summed E-state index contributed by atoms with van der Waals surface area (Å²) in [6.07, 6.45) is 3.01. The van der Waals surface area contributed by atoms with Gasteiger partial charge in [0, 0.05) is 35.2 Å². The maximum atomic E-state index is 16.0. The van der Waals surface area contributed by atoms with Gasteiger partial charge in [-0.3, -0.25) is 24.2 Å². The molecule has 4 aliphatic rings. The van der Waals surface area contributed by atoms with Crippen molar-refractivity contribution in [2.45, 2.75) is 63.3 Å². The van der Waals surface area contributed by atoms with Gasteiger partial charge in [0.25, 0.3) is 5.91 Å². The van der Waals surface area contributed by atoms with Crippen LogP contribution in [0.2, 0.25) is 0 Å². The standard InChI is InChI=1S/C28H34FN3O7/c1-4-32(14-6-5-7-14)11-13-10-17(33)19-15(21(13)29)8-12-9-16-22(31(2)3)24(35)20(27(30)38)26(37)28(16,39)25(36)18(12)23(19)34/h10,12,14,16,22,33-34,37,39H,4-9,11H2,1-3H3,(H2,30,38)/t12-,16-,22-,28-/m0/s1. The van der Waals surface area contributed by atoms with E-state index >= 15 is 4.39 Å². The van der Waals surface area contributed by atoms with Crippen LogP contribution in [-0.2, 0) is 27.3 Å². The number of carbonyl (C=O) groups excluding carboxylic acids is 3. The minimum Gasteiger partial charge on any atom is -0.508 e. The second-order valence-electron chi connectivity index (χ2n) is 11.3. The first kappa shape index (κ1) is 27.3. The Morgan fingerprint density at radius 2 is 1.87 bits per heavy atom. The molecule has 1 aromatic rings. The number of hydrogen-bond donors (Lipinski definition) is 5. The number of phenols is 1. The van der Waals surface area contributed by atoms with E-state index in [0.29, 0.717) is 12.6 Å². The number of amides is 1. The topological polar surface area (TPSA) is 165 Å². The Labute approximate surface area is 225 Å². The maximum absolute atomic E-state index is 16.0. The van der Waals surface area contributed by atoms with Gasteiger partial charge >= 0.3 is 0 Å². The van der Waals surface area contributed by atoms with Crippen LogP contribution in [0.25, 0.3) is 5.76 Å². The molecule has 39 heavy (non-hydrogen) atoms. The van der Waals surface area contributed by atoms with Crippen molar-refractivity contribution in [3.05, 3.63) is 45.5 Å². The first-order valence-electron chi connectivity index (χ1n) is 13.3. The van der Waals surface area contributed by atoms with Gasteiger partial charge in [0.15, 0.2) is 11.4 Å². The number of benzene rings is 1. The van der Waals surface area contributed by atoms with Crippen LogP contribution in [0, 0.1) is 17.7 Å². The fourth-order valence-electron chi connectivity index (χ4n) is 6.93. The zero-order chi connectivity index (χ0) is 28.5. The summed E-state index contributed by atoms with van der Waals surface area (Å²) in [5.41, 5.74) is 1.54. The van der Waals surface area contributed by atoms with Crippen LogP contribution in [0.4, 0.5) is 4.39 Å². The van der Waals surface area contributed by atoms with Crippen LogP contribution in [0.1, 0.15) is 49.3 Å². The predicted molar refractivity (Wildman–Crippen MR) is 138 cm³/mol. The molecule has 1 amide bonds. The molecule has 0 heterocycles. The molecule has 0 bridgehead atoms. The smallest absolute Gasteiger partial charge is 0.255 e. The van der Waals surface area contributed by atoms with Crippen LogP contribution in [0.15, 0.2) is 23.0 Å². The second-order valence-corrected chi connectivity index (χ2v) is 11.3. The van der Waals surface area contributed by atoms with Gasteiger partial charge in [0.2, 0.25) is 5.78 Å². The average molecular weight is 544 g/mol. The first-order chi connectivity index (χ1) is 18.3. The number of rotatable bonds is 6. The summed E-state index contributed by atoms with van der Waals surface area (Å²) in [5, 5.41) is 44.6. The SMILES string of the molecule is CCN(Cc1cc(O)c2c(c1F)C[C@H]1C[C@H]3[C@H](N(C)C)C(=O)C(C(N)=O)=C(O)[C@@]3(O)C(=O)C1=C2O)C1CCC1. The molecule has 4 atom stereocenters. The van der Waals surface area contributed by atoms with Gasteiger partial charge < -0.3 is 26.2 Å². The molecule has 210 valence electrons. The number of hydrogen-bond acceptors (Lipinski definition) is 9. The molecule has 4 aliphatic carbocycles. The summed E-state index contributed by atoms with van der Waals surface area (Å²) >= 11 is 0. The maximum Gasteiger partial charge on any atom is 0.255 e. The van der Waals surface area contributed by atoms with Crippen molar-refractivity contribution in [2.75, 3.05) is 20.6 Å². The van der Waals surface area contributed by atoms with Crippen molar-refractivity contribution in [3.8, 4) is 5.75 Å². The molecule has 0 radical (unpaired) electrons. The molecular formula is C28H34FN3O7. The lowest BCUT2D eigenvalue weighted by molar-refractivity contribution is -0.153. The highest BCUT2D eigenvalue weighted by atomic mass is 19.1. The van der Waals surface area contributed by atoms with Crippen LogP contribution in [-0.4, -0.2) is 86.0 Å². The molecule has 2 fully saturated rings. The van der Waals surface area contributed by atoms with E-state index in [4.69, 9.17) is 5.73 Å². The number of nitrogens with two attached hydrogens (primary N) is 1. The van der Waals surface area contributed by atoms with E-state index in [1.807, 2.05) is 6.92 Å². The van der Waals surface area contributed by atoms with Gasteiger partial charge in [0.1, 0.15) is 28.7 Å². The summed E-state index contributed by atoms with van der Waals surface area (Å²) < 4.78 is 16.0. The van der Waals surface area contributed by atoms with E-state index in [-0.39, 0.29) is 41.6 Å². The number of ketones is 2. The molecule has 0 aromatic heterocycles. The quantitative estimate of drug-likeness (QED) is 0.334. The normalized spacial score (nSPS) is 28.9. The lowest BCUT2D eigenvalue weighted by Gasteiger charge is -2.50. The summed E-state index contributed by atoms with van der Waals surface area (Å²) in [5.74, 6) is -8.09. The van der Waals surface area contributed by atoms with Crippen LogP contribution in [0.3, 0.4) is 0 Å². The van der Waals surface area contributed by atoms with E-state index in [9.17, 15) is 34.8 Å². The summed E-state index contributed by atoms with van der Waals surface area (Å²) in [4.78, 5) is 42.6. The van der Waals surface area contributed by atoms with E-state index in [1.165, 1.54) is 25.1 Å². The number of nitrogens with zero attached hydrogens (tertiary/aromatic N) is 2. The van der Waals surface area contributed by atoms with Crippen molar-refractivity contribution in [2.24, 2.45) is 17.6 Å². The number of halogens is 1. The Morgan fingerprint density at radius 1 is 1.21 bits per heavy atom. The number of phenolic OH excluding ortho intramolecular Hbond substituents is 1. The molecule has 5 rings (SSSR count). The van der Waals surface area contributed by atoms with Gasteiger partial charge in [-0.15, -0.1) is 0 Å². The minimum atomic E-state index is -2.72. The molecule has 0 unspecified atom stereocenters. The molecule has 0 saturated heterocycles. The fraction of sp³-hybridized carbons (Fsp3) is 0.536. The van der Waals surface area contributed by atoms with Gasteiger partial charge in [-0.1, -0.05) is 13.3 Å². The predicted octanol–water partition coefficient (Wildman–Crippen LogP) is 1.48. The number of aliphatic hydroxyl groups excluding tert-OH is 2. The van der Waals surface area contributed by atoms with Crippen molar-refractivity contribution in [1.82, 2.24) is 9.80 Å². The van der Waals surface area contributed by atoms with Crippen LogP contribution < -0.4 is 5.73 Å². The van der Waals surface area contributed by atoms with Crippen molar-refractivity contribution in [1.29, 1.82) is 0 Å². The third-order valence-electron chi connectivity index (χ3n) is 9.10. The van der Waals surface area contributed by atoms with Gasteiger partial charge in [-0.2, -0.15) is 0 Å². The largest absolute Gasteiger partial charge is 0.508 e. The molecule has 10 nitrogen and oxygen atoms in total. The Morgan fingerprint density at radius 3 is 2.41 bits per heavy atom. The monoisotopic (exact) mass is 543 g/mol. The number of carbonyl (C=O) groups is 3. The fourth-order valence-corrected chi connectivity index (χ4v) is 6.93. The van der Waals surface area contributed by atoms with Crippen molar-refractivity contribution < 1.29 is 39.2 Å². The number of Topliss-reactive ketones (excluding diaryl/α,β-unsaturated/α-hetero) is 2. The summed E-state index contributed by atoms with van der Waals surface area (Å²) in [6, 6.07) is 0.410. The zero-order valence-electron chi connectivity index (χ0n) is 22.2. The van der Waals surface area contributed by atoms with E-state index < -0.39 is 69.6 Å². The summed E-state index contributed by atoms with van der Waals surface area (Å²) in [6.45, 7) is 2.98. The third kappa shape index (κ3) is 3.81. The Kier molecular flexibility index (Phi) is 6.60.